The predicted molar refractivity (Wildman–Crippen MR) is 152 cm³/mol. The van der Waals surface area contributed by atoms with Gasteiger partial charge in [-0.2, -0.15) is 5.10 Å². The molecule has 3 heterocycles. The van der Waals surface area contributed by atoms with E-state index >= 15 is 0 Å². The molecule has 1 fully saturated rings. The zero-order valence-electron chi connectivity index (χ0n) is 23.6. The van der Waals surface area contributed by atoms with Gasteiger partial charge in [-0.15, -0.1) is 5.10 Å². The molecule has 4 rings (SSSR count). The summed E-state index contributed by atoms with van der Waals surface area (Å²) < 4.78 is 11.7. The van der Waals surface area contributed by atoms with E-state index in [-0.39, 0.29) is 0 Å². The van der Waals surface area contributed by atoms with Gasteiger partial charge in [-0.05, 0) is 50.2 Å². The molecule has 0 bridgehead atoms. The minimum Gasteiger partial charge on any atom is -0.492 e. The second-order valence-corrected chi connectivity index (χ2v) is 10.6. The van der Waals surface area contributed by atoms with Crippen molar-refractivity contribution in [1.29, 1.82) is 0 Å². The van der Waals surface area contributed by atoms with Crippen LogP contribution in [0.5, 0.6) is 5.75 Å². The number of hydrogen-bond acceptors (Lipinski definition) is 8. The van der Waals surface area contributed by atoms with E-state index in [0.717, 1.165) is 67.7 Å². The summed E-state index contributed by atoms with van der Waals surface area (Å²) in [6.45, 7) is 12.4. The third kappa shape index (κ3) is 7.63. The quantitative estimate of drug-likeness (QED) is 0.304. The van der Waals surface area contributed by atoms with E-state index in [1.165, 1.54) is 11.1 Å². The first-order valence-electron chi connectivity index (χ1n) is 13.8. The Morgan fingerprint density at radius 2 is 1.74 bits per heavy atom. The maximum atomic E-state index is 5.93. The zero-order valence-corrected chi connectivity index (χ0v) is 23.6. The summed E-state index contributed by atoms with van der Waals surface area (Å²) in [4.78, 5) is 14.3. The third-order valence-electron chi connectivity index (χ3n) is 7.11. The summed E-state index contributed by atoms with van der Waals surface area (Å²) in [7, 11) is 2.09. The molecule has 2 aromatic heterocycles. The minimum absolute atomic E-state index is 0.379. The lowest BCUT2D eigenvalue weighted by atomic mass is 10.0. The van der Waals surface area contributed by atoms with Crippen LogP contribution in [0, 0.1) is 19.8 Å². The standard InChI is InChI=1S/C30H42N6O2/c1-22(2)18-28-23(3)32-30(33-24(28)4)36-14-12-26(13-15-36)35(5)29-19-27(20-31-34-29)38-17-9-16-37-21-25-10-7-6-8-11-25/h6-8,10-11,19-20,22,26H,9,12-18,21H2,1-5H3. The van der Waals surface area contributed by atoms with Gasteiger partial charge in [0.25, 0.3) is 0 Å². The van der Waals surface area contributed by atoms with Gasteiger partial charge in [0.15, 0.2) is 5.82 Å². The highest BCUT2D eigenvalue weighted by atomic mass is 16.5. The molecule has 0 saturated carbocycles. The molecule has 0 radical (unpaired) electrons. The Morgan fingerprint density at radius 1 is 1.03 bits per heavy atom. The topological polar surface area (TPSA) is 76.5 Å². The smallest absolute Gasteiger partial charge is 0.225 e. The average Bonchev–Trinajstić information content (AvgIpc) is 2.93. The number of aromatic nitrogens is 4. The van der Waals surface area contributed by atoms with Crippen LogP contribution in [0.1, 0.15) is 55.6 Å². The number of nitrogens with zero attached hydrogens (tertiary/aromatic N) is 6. The minimum atomic E-state index is 0.379. The molecule has 8 heteroatoms. The monoisotopic (exact) mass is 518 g/mol. The van der Waals surface area contributed by atoms with Crippen LogP contribution in [0.4, 0.5) is 11.8 Å². The number of aryl methyl sites for hydroxylation is 2. The van der Waals surface area contributed by atoms with Crippen molar-refractivity contribution in [2.45, 2.75) is 66.0 Å². The van der Waals surface area contributed by atoms with Crippen molar-refractivity contribution in [1.82, 2.24) is 20.2 Å². The first-order valence-corrected chi connectivity index (χ1v) is 13.8. The molecule has 1 aliphatic heterocycles. The van der Waals surface area contributed by atoms with Gasteiger partial charge >= 0.3 is 0 Å². The van der Waals surface area contributed by atoms with E-state index in [4.69, 9.17) is 19.4 Å². The molecule has 204 valence electrons. The molecule has 0 amide bonds. The van der Waals surface area contributed by atoms with E-state index in [9.17, 15) is 0 Å². The highest BCUT2D eigenvalue weighted by Crippen LogP contribution is 2.26. The molecule has 0 unspecified atom stereocenters. The van der Waals surface area contributed by atoms with Crippen molar-refractivity contribution < 1.29 is 9.47 Å². The first kappa shape index (κ1) is 27.8. The molecule has 1 saturated heterocycles. The fourth-order valence-electron chi connectivity index (χ4n) is 4.91. The highest BCUT2D eigenvalue weighted by Gasteiger charge is 2.26. The van der Waals surface area contributed by atoms with Gasteiger partial charge in [0, 0.05) is 50.1 Å². The molecule has 0 atom stereocenters. The van der Waals surface area contributed by atoms with Crippen LogP contribution < -0.4 is 14.5 Å². The zero-order chi connectivity index (χ0) is 26.9. The van der Waals surface area contributed by atoms with Crippen LogP contribution >= 0.6 is 0 Å². The van der Waals surface area contributed by atoms with Crippen LogP contribution in [0.25, 0.3) is 0 Å². The Bertz CT molecular complexity index is 1130. The van der Waals surface area contributed by atoms with Crippen molar-refractivity contribution in [3.05, 3.63) is 65.1 Å². The largest absolute Gasteiger partial charge is 0.492 e. The van der Waals surface area contributed by atoms with Crippen LogP contribution in [0.15, 0.2) is 42.6 Å². The maximum absolute atomic E-state index is 5.93. The summed E-state index contributed by atoms with van der Waals surface area (Å²) in [5, 5.41) is 8.56. The van der Waals surface area contributed by atoms with E-state index in [1.807, 2.05) is 24.3 Å². The van der Waals surface area contributed by atoms with Crippen molar-refractivity contribution in [3.8, 4) is 5.75 Å². The highest BCUT2D eigenvalue weighted by molar-refractivity contribution is 5.43. The molecule has 1 aromatic carbocycles. The Balaban J connectivity index is 1.23. The lowest BCUT2D eigenvalue weighted by molar-refractivity contribution is 0.107. The lowest BCUT2D eigenvalue weighted by Gasteiger charge is -2.37. The maximum Gasteiger partial charge on any atom is 0.225 e. The van der Waals surface area contributed by atoms with Gasteiger partial charge in [-0.1, -0.05) is 44.2 Å². The molecule has 0 spiro atoms. The second-order valence-electron chi connectivity index (χ2n) is 10.6. The molecule has 1 aliphatic rings. The lowest BCUT2D eigenvalue weighted by Crippen LogP contribution is -2.44. The van der Waals surface area contributed by atoms with Gasteiger partial charge in [0.1, 0.15) is 5.75 Å². The summed E-state index contributed by atoms with van der Waals surface area (Å²) in [5.41, 5.74) is 4.69. The summed E-state index contributed by atoms with van der Waals surface area (Å²) >= 11 is 0. The second kappa shape index (κ2) is 13.5. The number of hydrogen-bond donors (Lipinski definition) is 0. The predicted octanol–water partition coefficient (Wildman–Crippen LogP) is 5.17. The molecule has 38 heavy (non-hydrogen) atoms. The summed E-state index contributed by atoms with van der Waals surface area (Å²) in [6, 6.07) is 12.6. The van der Waals surface area contributed by atoms with E-state index in [0.29, 0.717) is 31.8 Å². The van der Waals surface area contributed by atoms with Gasteiger partial charge < -0.3 is 19.3 Å². The summed E-state index contributed by atoms with van der Waals surface area (Å²) in [5.74, 6) is 3.03. The Kier molecular flexibility index (Phi) is 9.87. The third-order valence-corrected chi connectivity index (χ3v) is 7.11. The van der Waals surface area contributed by atoms with Crippen molar-refractivity contribution >= 4 is 11.8 Å². The Hall–Kier alpha value is -3.26. The molecule has 8 nitrogen and oxygen atoms in total. The van der Waals surface area contributed by atoms with Gasteiger partial charge in [0.05, 0.1) is 26.0 Å². The number of rotatable bonds is 12. The normalized spacial score (nSPS) is 14.2. The molecule has 0 N–H and O–H groups in total. The average molecular weight is 519 g/mol. The Labute approximate surface area is 227 Å². The SMILES string of the molecule is Cc1nc(N2CCC(N(C)c3cc(OCCCOCc4ccccc4)cnn3)CC2)nc(C)c1CC(C)C. The van der Waals surface area contributed by atoms with Crippen molar-refractivity contribution in [3.63, 3.8) is 0 Å². The molecule has 0 aliphatic carbocycles. The number of ether oxygens (including phenoxy) is 2. The van der Waals surface area contributed by atoms with E-state index in [2.05, 4.69) is 66.9 Å². The molecule has 3 aromatic rings. The van der Waals surface area contributed by atoms with Gasteiger partial charge in [-0.3, -0.25) is 0 Å². The van der Waals surface area contributed by atoms with E-state index < -0.39 is 0 Å². The van der Waals surface area contributed by atoms with Gasteiger partial charge in [-0.25, -0.2) is 9.97 Å². The van der Waals surface area contributed by atoms with Crippen LogP contribution in [0.2, 0.25) is 0 Å². The fourth-order valence-corrected chi connectivity index (χ4v) is 4.91. The Morgan fingerprint density at radius 3 is 2.42 bits per heavy atom. The van der Waals surface area contributed by atoms with Crippen LogP contribution in [-0.2, 0) is 17.8 Å². The first-order chi connectivity index (χ1) is 18.4. The fraction of sp³-hybridized carbons (Fsp3) is 0.533. The van der Waals surface area contributed by atoms with Crippen molar-refractivity contribution in [2.75, 3.05) is 43.2 Å². The molecular formula is C30H42N6O2. The number of anilines is 2. The van der Waals surface area contributed by atoms with Crippen molar-refractivity contribution in [2.24, 2.45) is 5.92 Å². The summed E-state index contributed by atoms with van der Waals surface area (Å²) in [6.07, 6.45) is 5.54. The van der Waals surface area contributed by atoms with E-state index in [1.54, 1.807) is 6.20 Å². The number of benzene rings is 1. The molecular weight excluding hydrogens is 476 g/mol. The van der Waals surface area contributed by atoms with Gasteiger partial charge in [0.2, 0.25) is 5.95 Å². The van der Waals surface area contributed by atoms with Crippen LogP contribution in [-0.4, -0.2) is 59.6 Å². The van der Waals surface area contributed by atoms with Crippen LogP contribution in [0.3, 0.4) is 0 Å². The number of piperidine rings is 1.